The average Bonchev–Trinajstić information content (AvgIpc) is 2.91. The van der Waals surface area contributed by atoms with E-state index in [9.17, 15) is 14.9 Å². The zero-order valence-electron chi connectivity index (χ0n) is 10.6. The Balaban J connectivity index is 1.85. The van der Waals surface area contributed by atoms with Crippen molar-refractivity contribution >= 4 is 17.3 Å². The van der Waals surface area contributed by atoms with Gasteiger partial charge in [0.05, 0.1) is 11.1 Å². The molecule has 0 unspecified atom stereocenters. The van der Waals surface area contributed by atoms with Crippen LogP contribution in [0, 0.1) is 10.1 Å². The van der Waals surface area contributed by atoms with Crippen LogP contribution in [0.25, 0.3) is 0 Å². The standard InChI is InChI=1S/C13H14N4O3/c14-10-3-1-9(2-4-10)5-6-15-13(18)12-7-11(8-16-12)17(19)20/h1-4,7-8,16H,5-6,14H2,(H,15,18). The lowest BCUT2D eigenvalue weighted by molar-refractivity contribution is -0.384. The summed E-state index contributed by atoms with van der Waals surface area (Å²) < 4.78 is 0. The van der Waals surface area contributed by atoms with Crippen LogP contribution in [-0.4, -0.2) is 22.4 Å². The second-order valence-electron chi connectivity index (χ2n) is 4.28. The van der Waals surface area contributed by atoms with Crippen molar-refractivity contribution in [1.29, 1.82) is 0 Å². The molecule has 1 aromatic carbocycles. The van der Waals surface area contributed by atoms with E-state index in [4.69, 9.17) is 5.73 Å². The number of amides is 1. The largest absolute Gasteiger partial charge is 0.399 e. The van der Waals surface area contributed by atoms with Gasteiger partial charge in [-0.1, -0.05) is 12.1 Å². The van der Waals surface area contributed by atoms with E-state index in [1.165, 1.54) is 12.3 Å². The zero-order chi connectivity index (χ0) is 14.5. The lowest BCUT2D eigenvalue weighted by atomic mass is 10.1. The molecule has 2 aromatic rings. The highest BCUT2D eigenvalue weighted by Gasteiger charge is 2.13. The summed E-state index contributed by atoms with van der Waals surface area (Å²) in [6.45, 7) is 0.440. The second kappa shape index (κ2) is 5.87. The number of carbonyl (C=O) groups is 1. The first-order valence-corrected chi connectivity index (χ1v) is 6.01. The number of nitrogens with one attached hydrogen (secondary N) is 2. The number of nitro groups is 1. The number of H-pyrrole nitrogens is 1. The van der Waals surface area contributed by atoms with Crippen LogP contribution < -0.4 is 11.1 Å². The first-order chi connectivity index (χ1) is 9.56. The molecule has 0 saturated heterocycles. The molecule has 0 aliphatic rings. The van der Waals surface area contributed by atoms with Gasteiger partial charge in [0.25, 0.3) is 11.6 Å². The van der Waals surface area contributed by atoms with Gasteiger partial charge in [-0.2, -0.15) is 0 Å². The van der Waals surface area contributed by atoms with E-state index < -0.39 is 4.92 Å². The van der Waals surface area contributed by atoms with Crippen molar-refractivity contribution in [1.82, 2.24) is 10.3 Å². The molecular formula is C13H14N4O3. The van der Waals surface area contributed by atoms with Gasteiger partial charge in [-0.15, -0.1) is 0 Å². The number of aromatic nitrogens is 1. The minimum atomic E-state index is -0.554. The maximum atomic E-state index is 11.7. The first kappa shape index (κ1) is 13.6. The monoisotopic (exact) mass is 274 g/mol. The number of hydrogen-bond donors (Lipinski definition) is 3. The fourth-order valence-corrected chi connectivity index (χ4v) is 1.72. The number of nitrogens with two attached hydrogens (primary N) is 1. The molecule has 1 heterocycles. The van der Waals surface area contributed by atoms with Crippen LogP contribution in [-0.2, 0) is 6.42 Å². The van der Waals surface area contributed by atoms with Gasteiger partial charge >= 0.3 is 0 Å². The Labute approximate surface area is 114 Å². The molecule has 0 aliphatic heterocycles. The van der Waals surface area contributed by atoms with E-state index in [2.05, 4.69) is 10.3 Å². The smallest absolute Gasteiger partial charge is 0.287 e. The Morgan fingerprint density at radius 3 is 2.65 bits per heavy atom. The minimum Gasteiger partial charge on any atom is -0.399 e. The van der Waals surface area contributed by atoms with E-state index in [1.807, 2.05) is 12.1 Å². The van der Waals surface area contributed by atoms with Gasteiger partial charge < -0.3 is 16.0 Å². The van der Waals surface area contributed by atoms with Crippen molar-refractivity contribution in [3.8, 4) is 0 Å². The lowest BCUT2D eigenvalue weighted by Gasteiger charge is -2.04. The van der Waals surface area contributed by atoms with Crippen LogP contribution in [0.5, 0.6) is 0 Å². The van der Waals surface area contributed by atoms with Gasteiger partial charge in [0.15, 0.2) is 0 Å². The number of anilines is 1. The highest BCUT2D eigenvalue weighted by molar-refractivity contribution is 5.93. The molecule has 1 aromatic heterocycles. The van der Waals surface area contributed by atoms with Crippen LogP contribution >= 0.6 is 0 Å². The number of carbonyl (C=O) groups excluding carboxylic acids is 1. The van der Waals surface area contributed by atoms with Crippen molar-refractivity contribution in [3.63, 3.8) is 0 Å². The van der Waals surface area contributed by atoms with E-state index in [0.717, 1.165) is 5.56 Å². The quantitative estimate of drug-likeness (QED) is 0.435. The van der Waals surface area contributed by atoms with Crippen LogP contribution in [0.2, 0.25) is 0 Å². The summed E-state index contributed by atoms with van der Waals surface area (Å²) >= 11 is 0. The third-order valence-electron chi connectivity index (χ3n) is 2.80. The van der Waals surface area contributed by atoms with Crippen molar-refractivity contribution in [2.75, 3.05) is 12.3 Å². The minimum absolute atomic E-state index is 0.131. The van der Waals surface area contributed by atoms with Gasteiger partial charge in [-0.3, -0.25) is 14.9 Å². The molecule has 1 amide bonds. The Bertz CT molecular complexity index is 619. The number of hydrogen-bond acceptors (Lipinski definition) is 4. The van der Waals surface area contributed by atoms with Gasteiger partial charge in [0.2, 0.25) is 0 Å². The third-order valence-corrected chi connectivity index (χ3v) is 2.80. The Morgan fingerprint density at radius 1 is 1.35 bits per heavy atom. The van der Waals surface area contributed by atoms with E-state index >= 15 is 0 Å². The normalized spacial score (nSPS) is 10.2. The van der Waals surface area contributed by atoms with Crippen molar-refractivity contribution in [2.24, 2.45) is 0 Å². The van der Waals surface area contributed by atoms with E-state index in [1.54, 1.807) is 12.1 Å². The van der Waals surface area contributed by atoms with Crippen LogP contribution in [0.1, 0.15) is 16.1 Å². The average molecular weight is 274 g/mol. The van der Waals surface area contributed by atoms with Gasteiger partial charge in [-0.25, -0.2) is 0 Å². The van der Waals surface area contributed by atoms with E-state index in [-0.39, 0.29) is 17.3 Å². The summed E-state index contributed by atoms with van der Waals surface area (Å²) in [5.74, 6) is -0.367. The molecule has 7 nitrogen and oxygen atoms in total. The Hall–Kier alpha value is -2.83. The predicted molar refractivity (Wildman–Crippen MR) is 74.3 cm³/mol. The molecule has 104 valence electrons. The van der Waals surface area contributed by atoms with Crippen molar-refractivity contribution in [2.45, 2.75) is 6.42 Å². The highest BCUT2D eigenvalue weighted by Crippen LogP contribution is 2.12. The highest BCUT2D eigenvalue weighted by atomic mass is 16.6. The molecule has 0 bridgehead atoms. The number of benzene rings is 1. The van der Waals surface area contributed by atoms with Gasteiger partial charge in [0, 0.05) is 18.3 Å². The van der Waals surface area contributed by atoms with Crippen molar-refractivity contribution < 1.29 is 9.72 Å². The molecule has 7 heteroatoms. The first-order valence-electron chi connectivity index (χ1n) is 6.01. The second-order valence-corrected chi connectivity index (χ2v) is 4.28. The van der Waals surface area contributed by atoms with Crippen molar-refractivity contribution in [3.05, 3.63) is 57.9 Å². The number of aromatic amines is 1. The summed E-state index contributed by atoms with van der Waals surface area (Å²) in [4.78, 5) is 24.3. The van der Waals surface area contributed by atoms with Crippen LogP contribution in [0.4, 0.5) is 11.4 Å². The maximum Gasteiger partial charge on any atom is 0.287 e. The number of nitrogen functional groups attached to an aromatic ring is 1. The summed E-state index contributed by atoms with van der Waals surface area (Å²) in [5, 5.41) is 13.2. The van der Waals surface area contributed by atoms with Gasteiger partial charge in [0.1, 0.15) is 5.69 Å². The molecule has 2 rings (SSSR count). The van der Waals surface area contributed by atoms with E-state index in [0.29, 0.717) is 18.7 Å². The summed E-state index contributed by atoms with van der Waals surface area (Å²) in [7, 11) is 0. The fourth-order valence-electron chi connectivity index (χ4n) is 1.72. The Kier molecular flexibility index (Phi) is 3.99. The predicted octanol–water partition coefficient (Wildman–Crippen LogP) is 1.48. The molecule has 0 spiro atoms. The third kappa shape index (κ3) is 3.35. The van der Waals surface area contributed by atoms with Crippen LogP contribution in [0.3, 0.4) is 0 Å². The molecule has 4 N–H and O–H groups in total. The molecule has 0 atom stereocenters. The fraction of sp³-hybridized carbons (Fsp3) is 0.154. The zero-order valence-corrected chi connectivity index (χ0v) is 10.6. The molecule has 0 aliphatic carbocycles. The Morgan fingerprint density at radius 2 is 2.05 bits per heavy atom. The van der Waals surface area contributed by atoms with Gasteiger partial charge in [-0.05, 0) is 24.1 Å². The number of nitrogens with zero attached hydrogens (tertiary/aromatic N) is 1. The SMILES string of the molecule is Nc1ccc(CCNC(=O)c2cc([N+](=O)[O-])c[nH]2)cc1. The number of rotatable bonds is 5. The van der Waals surface area contributed by atoms with Crippen LogP contribution in [0.15, 0.2) is 36.5 Å². The maximum absolute atomic E-state index is 11.7. The molecular weight excluding hydrogens is 260 g/mol. The summed E-state index contributed by atoms with van der Waals surface area (Å²) in [6, 6.07) is 8.58. The molecule has 0 saturated carbocycles. The summed E-state index contributed by atoms with van der Waals surface area (Å²) in [5.41, 5.74) is 7.37. The molecule has 20 heavy (non-hydrogen) atoms. The molecule has 0 fully saturated rings. The molecule has 0 radical (unpaired) electrons. The lowest BCUT2D eigenvalue weighted by Crippen LogP contribution is -2.25. The summed E-state index contributed by atoms with van der Waals surface area (Å²) in [6.07, 6.45) is 1.85. The topological polar surface area (TPSA) is 114 Å².